The zero-order chi connectivity index (χ0) is 10.8. The lowest BCUT2D eigenvalue weighted by Crippen LogP contribution is -2.28. The monoisotopic (exact) mass is 212 g/mol. The van der Waals surface area contributed by atoms with Crippen molar-refractivity contribution in [2.75, 3.05) is 0 Å². The molecule has 0 aliphatic carbocycles. The fourth-order valence-electron chi connectivity index (χ4n) is 0.615. The summed E-state index contributed by atoms with van der Waals surface area (Å²) in [5.41, 5.74) is 2.13. The molecule has 0 aromatic carbocycles. The van der Waals surface area contributed by atoms with E-state index in [1.807, 2.05) is 0 Å². The van der Waals surface area contributed by atoms with Crippen molar-refractivity contribution in [3.63, 3.8) is 0 Å². The van der Waals surface area contributed by atoms with Gasteiger partial charge in [-0.3, -0.25) is 5.41 Å². The first-order valence-electron chi connectivity index (χ1n) is 3.03. The van der Waals surface area contributed by atoms with Crippen LogP contribution in [0.15, 0.2) is 11.3 Å². The molecule has 0 aromatic heterocycles. The third-order valence-electron chi connectivity index (χ3n) is 1.14. The van der Waals surface area contributed by atoms with Gasteiger partial charge in [0.05, 0.1) is 0 Å². The van der Waals surface area contributed by atoms with Crippen LogP contribution in [0.3, 0.4) is 0 Å². The van der Waals surface area contributed by atoms with E-state index in [-0.39, 0.29) is 0 Å². The molecule has 0 amide bonds. The molecule has 0 aromatic rings. The van der Waals surface area contributed by atoms with Crippen LogP contribution in [-0.2, 0) is 4.79 Å². The summed E-state index contributed by atoms with van der Waals surface area (Å²) < 4.78 is 24.5. The largest absolute Gasteiger partial charge is 0.478 e. The number of aliphatic carboxylic acids is 1. The van der Waals surface area contributed by atoms with Gasteiger partial charge in [-0.2, -0.15) is 8.78 Å². The van der Waals surface area contributed by atoms with E-state index in [0.717, 1.165) is 6.92 Å². The predicted molar refractivity (Wildman–Crippen MR) is 43.0 cm³/mol. The molecule has 0 saturated carbocycles. The number of nitrogens with two attached hydrogens (primary N) is 1. The number of halogens is 3. The summed E-state index contributed by atoms with van der Waals surface area (Å²) in [4.78, 5) is 10.4. The molecule has 0 spiro atoms. The molecule has 0 radical (unpaired) electrons. The lowest BCUT2D eigenvalue weighted by atomic mass is 10.1. The van der Waals surface area contributed by atoms with Crippen LogP contribution in [0, 0.1) is 5.41 Å². The van der Waals surface area contributed by atoms with E-state index in [1.165, 1.54) is 0 Å². The summed E-state index contributed by atoms with van der Waals surface area (Å²) >= 11 is 4.46. The highest BCUT2D eigenvalue weighted by molar-refractivity contribution is 6.39. The Labute approximate surface area is 77.5 Å². The van der Waals surface area contributed by atoms with Gasteiger partial charge in [0.15, 0.2) is 0 Å². The van der Waals surface area contributed by atoms with Crippen molar-refractivity contribution in [1.82, 2.24) is 0 Å². The maximum atomic E-state index is 12.3. The smallest absolute Gasteiger partial charge is 0.365 e. The predicted octanol–water partition coefficient (Wildman–Crippen LogP) is 1.16. The Balaban J connectivity index is 5.16. The highest BCUT2D eigenvalue weighted by Crippen LogP contribution is 2.24. The highest BCUT2D eigenvalue weighted by Gasteiger charge is 2.37. The van der Waals surface area contributed by atoms with Gasteiger partial charge in [0, 0.05) is 5.70 Å². The van der Waals surface area contributed by atoms with Crippen LogP contribution >= 0.6 is 11.6 Å². The fourth-order valence-corrected chi connectivity index (χ4v) is 0.709. The van der Waals surface area contributed by atoms with E-state index in [0.29, 0.717) is 0 Å². The molecule has 0 rings (SSSR count). The third-order valence-corrected chi connectivity index (χ3v) is 1.33. The van der Waals surface area contributed by atoms with Gasteiger partial charge >= 0.3 is 11.4 Å². The van der Waals surface area contributed by atoms with Gasteiger partial charge in [0.2, 0.25) is 0 Å². The Bertz CT molecular complexity index is 279. The van der Waals surface area contributed by atoms with Crippen LogP contribution in [0.5, 0.6) is 0 Å². The van der Waals surface area contributed by atoms with Crippen molar-refractivity contribution in [3.05, 3.63) is 11.3 Å². The van der Waals surface area contributed by atoms with Crippen LogP contribution in [0.2, 0.25) is 0 Å². The quantitative estimate of drug-likeness (QED) is 0.373. The number of rotatable bonds is 3. The third kappa shape index (κ3) is 2.98. The molecule has 13 heavy (non-hydrogen) atoms. The summed E-state index contributed by atoms with van der Waals surface area (Å²) in [6, 6.07) is 0. The molecular weight excluding hydrogens is 206 g/mol. The summed E-state index contributed by atoms with van der Waals surface area (Å²) in [7, 11) is 0. The summed E-state index contributed by atoms with van der Waals surface area (Å²) in [6.45, 7) is 1.10. The number of hydrogen-bond donors (Lipinski definition) is 3. The summed E-state index contributed by atoms with van der Waals surface area (Å²) in [5.74, 6) is -1.70. The van der Waals surface area contributed by atoms with Crippen LogP contribution < -0.4 is 5.73 Å². The van der Waals surface area contributed by atoms with Crippen molar-refractivity contribution in [3.8, 4) is 0 Å². The number of carboxylic acid groups (broad SMARTS) is 1. The van der Waals surface area contributed by atoms with E-state index in [9.17, 15) is 13.6 Å². The molecular formula is C6H7ClF2N2O2. The summed E-state index contributed by atoms with van der Waals surface area (Å²) in [5, 5.41) is 11.1. The van der Waals surface area contributed by atoms with Crippen molar-refractivity contribution >= 4 is 23.3 Å². The molecule has 0 atom stereocenters. The maximum absolute atomic E-state index is 12.3. The molecule has 0 bridgehead atoms. The van der Waals surface area contributed by atoms with Gasteiger partial charge < -0.3 is 10.8 Å². The van der Waals surface area contributed by atoms with Gasteiger partial charge in [-0.1, -0.05) is 0 Å². The standard InChI is InChI=1S/C6H7ClF2N2O2/c1-2(10)3(5(12)13)4(11)6(7,8)9/h11H,10H2,1H3,(H,12,13)/b3-2+,11-4?. The number of carboxylic acids is 1. The lowest BCUT2D eigenvalue weighted by molar-refractivity contribution is -0.132. The Kier molecular flexibility index (Phi) is 3.36. The van der Waals surface area contributed by atoms with Gasteiger partial charge in [0.25, 0.3) is 0 Å². The first-order valence-corrected chi connectivity index (χ1v) is 3.41. The van der Waals surface area contributed by atoms with E-state index < -0.39 is 28.3 Å². The number of alkyl halides is 3. The number of allylic oxidation sites excluding steroid dienone is 1. The van der Waals surface area contributed by atoms with Gasteiger partial charge in [0.1, 0.15) is 11.3 Å². The second-order valence-electron chi connectivity index (χ2n) is 2.24. The van der Waals surface area contributed by atoms with Crippen molar-refractivity contribution < 1.29 is 18.7 Å². The van der Waals surface area contributed by atoms with E-state index >= 15 is 0 Å². The highest BCUT2D eigenvalue weighted by atomic mass is 35.5. The van der Waals surface area contributed by atoms with Gasteiger partial charge in [-0.05, 0) is 18.5 Å². The average Bonchev–Trinajstić information content (AvgIpc) is 1.82. The Hall–Kier alpha value is -1.17. The molecule has 0 saturated heterocycles. The van der Waals surface area contributed by atoms with E-state index in [2.05, 4.69) is 11.6 Å². The molecule has 7 heteroatoms. The SMILES string of the molecule is C/C(N)=C(/C(=N)C(F)(F)Cl)C(=O)O. The fraction of sp³-hybridized carbons (Fsp3) is 0.333. The number of carbonyl (C=O) groups is 1. The van der Waals surface area contributed by atoms with Crippen LogP contribution in [0.25, 0.3) is 0 Å². The molecule has 0 aliphatic heterocycles. The Morgan fingerprint density at radius 1 is 1.62 bits per heavy atom. The van der Waals surface area contributed by atoms with Gasteiger partial charge in [-0.15, -0.1) is 0 Å². The molecule has 4 nitrogen and oxygen atoms in total. The molecule has 0 unspecified atom stereocenters. The van der Waals surface area contributed by atoms with Crippen molar-refractivity contribution in [2.45, 2.75) is 12.3 Å². The molecule has 74 valence electrons. The van der Waals surface area contributed by atoms with Crippen LogP contribution in [0.4, 0.5) is 8.78 Å². The maximum Gasteiger partial charge on any atom is 0.365 e. The zero-order valence-electron chi connectivity index (χ0n) is 6.57. The molecule has 0 fully saturated rings. The number of hydrogen-bond acceptors (Lipinski definition) is 3. The molecule has 0 heterocycles. The normalized spacial score (nSPS) is 13.5. The first-order chi connectivity index (χ1) is 5.68. The molecule has 0 aliphatic rings. The minimum atomic E-state index is -4.02. The molecule has 4 N–H and O–H groups in total. The van der Waals surface area contributed by atoms with Crippen LogP contribution in [-0.4, -0.2) is 22.2 Å². The Morgan fingerprint density at radius 3 is 2.08 bits per heavy atom. The Morgan fingerprint density at radius 2 is 2.00 bits per heavy atom. The first kappa shape index (κ1) is 11.8. The zero-order valence-corrected chi connectivity index (χ0v) is 7.32. The lowest BCUT2D eigenvalue weighted by Gasteiger charge is -2.10. The second kappa shape index (κ2) is 3.69. The minimum absolute atomic E-state index is 0.391. The van der Waals surface area contributed by atoms with Crippen molar-refractivity contribution in [1.29, 1.82) is 5.41 Å². The van der Waals surface area contributed by atoms with E-state index in [1.54, 1.807) is 0 Å². The number of nitrogens with one attached hydrogen (secondary N) is 1. The van der Waals surface area contributed by atoms with E-state index in [4.69, 9.17) is 16.2 Å². The van der Waals surface area contributed by atoms with Crippen molar-refractivity contribution in [2.24, 2.45) is 5.73 Å². The minimum Gasteiger partial charge on any atom is -0.478 e. The van der Waals surface area contributed by atoms with Gasteiger partial charge in [-0.25, -0.2) is 4.79 Å². The second-order valence-corrected chi connectivity index (χ2v) is 2.71. The van der Waals surface area contributed by atoms with Crippen LogP contribution in [0.1, 0.15) is 6.92 Å². The topological polar surface area (TPSA) is 87.2 Å². The average molecular weight is 213 g/mol. The summed E-state index contributed by atoms with van der Waals surface area (Å²) in [6.07, 6.45) is 0.